The molecular formula is C10H19NO. The van der Waals surface area contributed by atoms with Crippen LogP contribution in [-0.2, 0) is 0 Å². The normalized spacial score (nSPS) is 25.7. The first kappa shape index (κ1) is 9.75. The Morgan fingerprint density at radius 3 is 2.92 bits per heavy atom. The summed E-state index contributed by atoms with van der Waals surface area (Å²) in [6.07, 6.45) is 8.90. The molecule has 1 rings (SSSR count). The Bertz CT molecular complexity index is 145. The van der Waals surface area contributed by atoms with Crippen LogP contribution in [0.25, 0.3) is 0 Å². The van der Waals surface area contributed by atoms with Crippen molar-refractivity contribution in [3.63, 3.8) is 0 Å². The zero-order valence-corrected chi connectivity index (χ0v) is 7.87. The van der Waals surface area contributed by atoms with Gasteiger partial charge in [0, 0.05) is 12.6 Å². The average Bonchev–Trinajstić information content (AvgIpc) is 2.46. The van der Waals surface area contributed by atoms with Gasteiger partial charge >= 0.3 is 0 Å². The molecule has 1 saturated heterocycles. The molecule has 1 N–H and O–H groups in total. The highest BCUT2D eigenvalue weighted by atomic mass is 16.2. The molecule has 0 aromatic carbocycles. The molecule has 12 heavy (non-hydrogen) atoms. The molecule has 0 aromatic heterocycles. The van der Waals surface area contributed by atoms with Crippen LogP contribution in [-0.4, -0.2) is 36.2 Å². The van der Waals surface area contributed by atoms with Crippen molar-refractivity contribution in [2.75, 3.05) is 20.2 Å². The summed E-state index contributed by atoms with van der Waals surface area (Å²) in [6, 6.07) is 0.750. The fraction of sp³-hybridized carbons (Fsp3) is 0.800. The number of rotatable bonds is 4. The molecule has 1 aliphatic rings. The van der Waals surface area contributed by atoms with Crippen LogP contribution in [0, 0.1) is 0 Å². The van der Waals surface area contributed by atoms with E-state index in [0.717, 1.165) is 18.9 Å². The average molecular weight is 169 g/mol. The maximum atomic E-state index is 8.55. The highest BCUT2D eigenvalue weighted by Crippen LogP contribution is 2.17. The second kappa shape index (κ2) is 5.33. The first-order valence-electron chi connectivity index (χ1n) is 4.80. The van der Waals surface area contributed by atoms with E-state index in [9.17, 15) is 0 Å². The molecule has 0 bridgehead atoms. The van der Waals surface area contributed by atoms with Gasteiger partial charge in [0.25, 0.3) is 0 Å². The first-order chi connectivity index (χ1) is 5.84. The van der Waals surface area contributed by atoms with Crippen molar-refractivity contribution < 1.29 is 5.11 Å². The van der Waals surface area contributed by atoms with Crippen LogP contribution < -0.4 is 0 Å². The molecule has 1 aliphatic heterocycles. The van der Waals surface area contributed by atoms with Gasteiger partial charge in [-0.15, -0.1) is 0 Å². The number of hydrogen-bond acceptors (Lipinski definition) is 2. The number of aliphatic hydroxyl groups is 1. The minimum atomic E-state index is 0.275. The van der Waals surface area contributed by atoms with Gasteiger partial charge in [-0.3, -0.25) is 0 Å². The Kier molecular flexibility index (Phi) is 4.33. The smallest absolute Gasteiger partial charge is 0.0465 e. The zero-order valence-electron chi connectivity index (χ0n) is 7.87. The van der Waals surface area contributed by atoms with Gasteiger partial charge in [-0.2, -0.15) is 0 Å². The van der Waals surface area contributed by atoms with Crippen LogP contribution >= 0.6 is 0 Å². The largest absolute Gasteiger partial charge is 0.396 e. The first-order valence-corrected chi connectivity index (χ1v) is 4.80. The summed E-state index contributed by atoms with van der Waals surface area (Å²) in [5, 5.41) is 8.55. The van der Waals surface area contributed by atoms with Crippen LogP contribution in [0.3, 0.4) is 0 Å². The second-order valence-electron chi connectivity index (χ2n) is 3.50. The van der Waals surface area contributed by atoms with E-state index in [1.165, 1.54) is 19.4 Å². The van der Waals surface area contributed by atoms with Crippen LogP contribution in [0.5, 0.6) is 0 Å². The van der Waals surface area contributed by atoms with E-state index in [4.69, 9.17) is 5.11 Å². The molecule has 0 aromatic rings. The molecule has 2 nitrogen and oxygen atoms in total. The summed E-state index contributed by atoms with van der Waals surface area (Å²) in [6.45, 7) is 1.52. The fourth-order valence-corrected chi connectivity index (χ4v) is 1.72. The van der Waals surface area contributed by atoms with E-state index < -0.39 is 0 Å². The van der Waals surface area contributed by atoms with E-state index in [-0.39, 0.29) is 6.61 Å². The lowest BCUT2D eigenvalue weighted by Gasteiger charge is -2.16. The topological polar surface area (TPSA) is 23.5 Å². The molecule has 1 heterocycles. The number of likely N-dealkylation sites (tertiary alicyclic amines) is 1. The summed E-state index contributed by atoms with van der Waals surface area (Å²) in [5.41, 5.74) is 0. The Labute approximate surface area is 74.9 Å². The Hall–Kier alpha value is -0.340. The zero-order chi connectivity index (χ0) is 8.81. The maximum Gasteiger partial charge on any atom is 0.0465 e. The van der Waals surface area contributed by atoms with Crippen molar-refractivity contribution >= 4 is 0 Å². The molecule has 1 atom stereocenters. The molecule has 0 spiro atoms. The molecule has 1 fully saturated rings. The van der Waals surface area contributed by atoms with Crippen LogP contribution in [0.2, 0.25) is 0 Å². The number of aliphatic hydroxyl groups excluding tert-OH is 1. The van der Waals surface area contributed by atoms with Gasteiger partial charge in [-0.1, -0.05) is 12.2 Å². The molecular weight excluding hydrogens is 150 g/mol. The standard InChI is InChI=1S/C10H19NO/c1-11-8-5-7-10(11)6-3-2-4-9-12/h2-3,10,12H,4-9H2,1H3/b3-2-. The predicted octanol–water partition coefficient (Wildman–Crippen LogP) is 1.41. The fourth-order valence-electron chi connectivity index (χ4n) is 1.72. The third kappa shape index (κ3) is 2.95. The van der Waals surface area contributed by atoms with Crippen molar-refractivity contribution in [1.82, 2.24) is 4.90 Å². The molecule has 70 valence electrons. The molecule has 0 amide bonds. The minimum Gasteiger partial charge on any atom is -0.396 e. The molecule has 0 saturated carbocycles. The SMILES string of the molecule is CN1CCCC1C/C=C\CCO. The second-order valence-corrected chi connectivity index (χ2v) is 3.50. The Morgan fingerprint density at radius 1 is 1.50 bits per heavy atom. The van der Waals surface area contributed by atoms with E-state index in [1.807, 2.05) is 0 Å². The Balaban J connectivity index is 2.13. The van der Waals surface area contributed by atoms with Gasteiger partial charge in [0.1, 0.15) is 0 Å². The summed E-state index contributed by atoms with van der Waals surface area (Å²) < 4.78 is 0. The third-order valence-electron chi connectivity index (χ3n) is 2.54. The highest BCUT2D eigenvalue weighted by molar-refractivity contribution is 4.88. The lowest BCUT2D eigenvalue weighted by Crippen LogP contribution is -2.23. The lowest BCUT2D eigenvalue weighted by molar-refractivity contribution is 0.301. The van der Waals surface area contributed by atoms with Crippen molar-refractivity contribution in [2.24, 2.45) is 0 Å². The summed E-state index contributed by atoms with van der Waals surface area (Å²) in [5.74, 6) is 0. The van der Waals surface area contributed by atoms with Crippen LogP contribution in [0.15, 0.2) is 12.2 Å². The third-order valence-corrected chi connectivity index (χ3v) is 2.54. The van der Waals surface area contributed by atoms with E-state index in [2.05, 4.69) is 24.1 Å². The number of nitrogens with zero attached hydrogens (tertiary/aromatic N) is 1. The van der Waals surface area contributed by atoms with E-state index in [0.29, 0.717) is 0 Å². The van der Waals surface area contributed by atoms with Gasteiger partial charge in [0.15, 0.2) is 0 Å². The van der Waals surface area contributed by atoms with Gasteiger partial charge < -0.3 is 10.0 Å². The van der Waals surface area contributed by atoms with Gasteiger partial charge in [-0.05, 0) is 39.3 Å². The maximum absolute atomic E-state index is 8.55. The lowest BCUT2D eigenvalue weighted by atomic mass is 10.1. The minimum absolute atomic E-state index is 0.275. The van der Waals surface area contributed by atoms with Crippen LogP contribution in [0.4, 0.5) is 0 Å². The molecule has 2 heteroatoms. The van der Waals surface area contributed by atoms with E-state index >= 15 is 0 Å². The van der Waals surface area contributed by atoms with Gasteiger partial charge in [0.2, 0.25) is 0 Å². The molecule has 0 aliphatic carbocycles. The quantitative estimate of drug-likeness (QED) is 0.643. The van der Waals surface area contributed by atoms with Crippen molar-refractivity contribution in [3.8, 4) is 0 Å². The van der Waals surface area contributed by atoms with Crippen LogP contribution in [0.1, 0.15) is 25.7 Å². The van der Waals surface area contributed by atoms with Gasteiger partial charge in [-0.25, -0.2) is 0 Å². The Morgan fingerprint density at radius 2 is 2.33 bits per heavy atom. The van der Waals surface area contributed by atoms with E-state index in [1.54, 1.807) is 0 Å². The number of hydrogen-bond donors (Lipinski definition) is 1. The van der Waals surface area contributed by atoms with Crippen molar-refractivity contribution in [1.29, 1.82) is 0 Å². The predicted molar refractivity (Wildman–Crippen MR) is 51.1 cm³/mol. The highest BCUT2D eigenvalue weighted by Gasteiger charge is 2.18. The monoisotopic (exact) mass is 169 g/mol. The summed E-state index contributed by atoms with van der Waals surface area (Å²) >= 11 is 0. The van der Waals surface area contributed by atoms with Gasteiger partial charge in [0.05, 0.1) is 0 Å². The molecule has 1 unspecified atom stereocenters. The summed E-state index contributed by atoms with van der Waals surface area (Å²) in [4.78, 5) is 2.42. The van der Waals surface area contributed by atoms with Crippen molar-refractivity contribution in [2.45, 2.75) is 31.7 Å². The molecule has 0 radical (unpaired) electrons. The van der Waals surface area contributed by atoms with Crippen molar-refractivity contribution in [3.05, 3.63) is 12.2 Å². The summed E-state index contributed by atoms with van der Waals surface area (Å²) in [7, 11) is 2.19.